The number of aromatic amines is 1. The van der Waals surface area contributed by atoms with Crippen LogP contribution in [0.4, 0.5) is 0 Å². The molecule has 0 fully saturated rings. The molecule has 5 heteroatoms. The Bertz CT molecular complexity index is 589. The summed E-state index contributed by atoms with van der Waals surface area (Å²) in [5, 5.41) is 0.573. The highest BCUT2D eigenvalue weighted by Crippen LogP contribution is 2.28. The van der Waals surface area contributed by atoms with Gasteiger partial charge in [-0.1, -0.05) is 11.6 Å². The van der Waals surface area contributed by atoms with Crippen LogP contribution in [0.2, 0.25) is 5.02 Å². The lowest BCUT2D eigenvalue weighted by molar-refractivity contribution is 0.471. The van der Waals surface area contributed by atoms with Crippen LogP contribution < -0.4 is 10.3 Å². The van der Waals surface area contributed by atoms with E-state index in [1.807, 2.05) is 19.1 Å². The maximum absolute atomic E-state index is 11.6. The maximum Gasteiger partial charge on any atom is 0.292 e. The molecule has 2 aromatic rings. The molecule has 0 saturated heterocycles. The zero-order valence-corrected chi connectivity index (χ0v) is 11.3. The van der Waals surface area contributed by atoms with Crippen molar-refractivity contribution in [3.8, 4) is 11.5 Å². The summed E-state index contributed by atoms with van der Waals surface area (Å²) < 4.78 is 6.12. The topological polar surface area (TPSA) is 42.1 Å². The van der Waals surface area contributed by atoms with Crippen molar-refractivity contribution in [1.82, 2.24) is 4.98 Å². The molecule has 1 N–H and O–H groups in total. The van der Waals surface area contributed by atoms with Gasteiger partial charge in [-0.05, 0) is 52.7 Å². The molecule has 0 aliphatic carbocycles. The summed E-state index contributed by atoms with van der Waals surface area (Å²) in [6.07, 6.45) is 1.54. The highest BCUT2D eigenvalue weighted by atomic mass is 79.9. The van der Waals surface area contributed by atoms with E-state index in [0.29, 0.717) is 15.2 Å². The lowest BCUT2D eigenvalue weighted by atomic mass is 10.2. The van der Waals surface area contributed by atoms with Crippen molar-refractivity contribution in [2.45, 2.75) is 6.92 Å². The monoisotopic (exact) mass is 313 g/mol. The van der Waals surface area contributed by atoms with Crippen LogP contribution in [0.1, 0.15) is 5.56 Å². The molecule has 0 amide bonds. The van der Waals surface area contributed by atoms with Gasteiger partial charge in [-0.15, -0.1) is 0 Å². The molecule has 0 spiro atoms. The number of rotatable bonds is 2. The lowest BCUT2D eigenvalue weighted by Gasteiger charge is -2.07. The van der Waals surface area contributed by atoms with Crippen molar-refractivity contribution in [2.75, 3.05) is 0 Å². The van der Waals surface area contributed by atoms with Crippen LogP contribution in [0.25, 0.3) is 0 Å². The van der Waals surface area contributed by atoms with Crippen LogP contribution in [0.3, 0.4) is 0 Å². The Morgan fingerprint density at radius 2 is 2.12 bits per heavy atom. The molecule has 1 heterocycles. The summed E-state index contributed by atoms with van der Waals surface area (Å²) in [5.74, 6) is 0.751. The first-order valence-electron chi connectivity index (χ1n) is 4.88. The number of aromatic nitrogens is 1. The van der Waals surface area contributed by atoms with Crippen LogP contribution in [-0.2, 0) is 0 Å². The molecule has 3 nitrogen and oxygen atoms in total. The first kappa shape index (κ1) is 12.2. The Kier molecular flexibility index (Phi) is 3.54. The fraction of sp³-hybridized carbons (Fsp3) is 0.0833. The van der Waals surface area contributed by atoms with Crippen molar-refractivity contribution in [2.24, 2.45) is 0 Å². The second kappa shape index (κ2) is 4.94. The molecule has 0 saturated carbocycles. The molecule has 0 aliphatic heterocycles. The number of hydrogen-bond acceptors (Lipinski definition) is 2. The van der Waals surface area contributed by atoms with Crippen molar-refractivity contribution >= 4 is 27.5 Å². The van der Waals surface area contributed by atoms with E-state index >= 15 is 0 Å². The minimum Gasteiger partial charge on any atom is -0.450 e. The molecule has 1 aromatic carbocycles. The molecule has 2 rings (SSSR count). The van der Waals surface area contributed by atoms with Gasteiger partial charge in [0.15, 0.2) is 0 Å². The van der Waals surface area contributed by atoms with Crippen LogP contribution in [0, 0.1) is 6.92 Å². The fourth-order valence-corrected chi connectivity index (χ4v) is 2.09. The zero-order valence-electron chi connectivity index (χ0n) is 8.96. The molecule has 0 radical (unpaired) electrons. The summed E-state index contributed by atoms with van der Waals surface area (Å²) in [6.45, 7) is 1.91. The number of aryl methyl sites for hydroxylation is 1. The third-order valence-corrected chi connectivity index (χ3v) is 2.95. The number of ether oxygens (including phenoxy) is 1. The smallest absolute Gasteiger partial charge is 0.292 e. The van der Waals surface area contributed by atoms with Gasteiger partial charge in [-0.3, -0.25) is 4.79 Å². The number of benzene rings is 1. The fourth-order valence-electron chi connectivity index (χ4n) is 1.41. The molecule has 0 atom stereocenters. The first-order chi connectivity index (χ1) is 8.06. The molecular formula is C12H9BrClNO2. The highest BCUT2D eigenvalue weighted by Gasteiger charge is 2.08. The Balaban J connectivity index is 2.41. The minimum atomic E-state index is -0.294. The van der Waals surface area contributed by atoms with Gasteiger partial charge in [0.1, 0.15) is 5.75 Å². The SMILES string of the molecule is Cc1cc(Cl)cc(Oc2c(Br)cc[nH]c2=O)c1. The van der Waals surface area contributed by atoms with Crippen LogP contribution in [0.15, 0.2) is 39.7 Å². The van der Waals surface area contributed by atoms with Crippen molar-refractivity contribution in [1.29, 1.82) is 0 Å². The summed E-state index contributed by atoms with van der Waals surface area (Å²) in [5.41, 5.74) is 0.674. The number of halogens is 2. The van der Waals surface area contributed by atoms with E-state index in [1.54, 1.807) is 18.3 Å². The van der Waals surface area contributed by atoms with Gasteiger partial charge < -0.3 is 9.72 Å². The summed E-state index contributed by atoms with van der Waals surface area (Å²) in [7, 11) is 0. The van der Waals surface area contributed by atoms with Gasteiger partial charge in [0.2, 0.25) is 5.75 Å². The summed E-state index contributed by atoms with van der Waals surface area (Å²) in [6, 6.07) is 6.99. The van der Waals surface area contributed by atoms with Crippen LogP contribution in [-0.4, -0.2) is 4.98 Å². The van der Waals surface area contributed by atoms with E-state index in [2.05, 4.69) is 20.9 Å². The van der Waals surface area contributed by atoms with E-state index in [4.69, 9.17) is 16.3 Å². The second-order valence-electron chi connectivity index (χ2n) is 3.55. The Hall–Kier alpha value is -1.26. The number of H-pyrrole nitrogens is 1. The summed E-state index contributed by atoms with van der Waals surface area (Å²) in [4.78, 5) is 14.1. The quantitative estimate of drug-likeness (QED) is 0.913. The van der Waals surface area contributed by atoms with Crippen molar-refractivity contribution in [3.05, 3.63) is 55.9 Å². The van der Waals surface area contributed by atoms with Gasteiger partial charge in [-0.25, -0.2) is 0 Å². The zero-order chi connectivity index (χ0) is 12.4. The maximum atomic E-state index is 11.6. The number of nitrogens with one attached hydrogen (secondary N) is 1. The predicted molar refractivity (Wildman–Crippen MR) is 71.0 cm³/mol. The molecule has 0 bridgehead atoms. The minimum absolute atomic E-state index is 0.217. The van der Waals surface area contributed by atoms with Crippen LogP contribution >= 0.6 is 27.5 Å². The molecular weight excluding hydrogens is 305 g/mol. The molecule has 0 unspecified atom stereocenters. The molecule has 0 aliphatic rings. The van der Waals surface area contributed by atoms with Gasteiger partial charge in [0.05, 0.1) is 4.47 Å². The van der Waals surface area contributed by atoms with Gasteiger partial charge >= 0.3 is 0 Å². The Morgan fingerprint density at radius 1 is 1.35 bits per heavy atom. The summed E-state index contributed by atoms with van der Waals surface area (Å²) >= 11 is 9.18. The van der Waals surface area contributed by atoms with Crippen molar-refractivity contribution in [3.63, 3.8) is 0 Å². The van der Waals surface area contributed by atoms with Gasteiger partial charge in [-0.2, -0.15) is 0 Å². The highest BCUT2D eigenvalue weighted by molar-refractivity contribution is 9.10. The normalized spacial score (nSPS) is 10.3. The second-order valence-corrected chi connectivity index (χ2v) is 4.84. The van der Waals surface area contributed by atoms with Gasteiger partial charge in [0, 0.05) is 11.2 Å². The van der Waals surface area contributed by atoms with E-state index in [1.165, 1.54) is 0 Å². The third kappa shape index (κ3) is 2.90. The van der Waals surface area contributed by atoms with Crippen molar-refractivity contribution < 1.29 is 4.74 Å². The average Bonchev–Trinajstić information content (AvgIpc) is 2.22. The van der Waals surface area contributed by atoms with E-state index < -0.39 is 0 Å². The molecule has 88 valence electrons. The van der Waals surface area contributed by atoms with Gasteiger partial charge in [0.25, 0.3) is 5.56 Å². The number of pyridine rings is 1. The Morgan fingerprint density at radius 3 is 2.76 bits per heavy atom. The third-order valence-electron chi connectivity index (χ3n) is 2.10. The van der Waals surface area contributed by atoms with Crippen LogP contribution in [0.5, 0.6) is 11.5 Å². The first-order valence-corrected chi connectivity index (χ1v) is 6.05. The Labute approximate surface area is 112 Å². The molecule has 17 heavy (non-hydrogen) atoms. The van der Waals surface area contributed by atoms with E-state index in [0.717, 1.165) is 5.56 Å². The number of hydrogen-bond donors (Lipinski definition) is 1. The van der Waals surface area contributed by atoms with E-state index in [9.17, 15) is 4.79 Å². The van der Waals surface area contributed by atoms with E-state index in [-0.39, 0.29) is 11.3 Å². The molecule has 1 aromatic heterocycles. The standard InChI is InChI=1S/C12H9BrClNO2/c1-7-4-8(14)6-9(5-7)17-11-10(13)2-3-15-12(11)16/h2-6H,1H3,(H,15,16). The average molecular weight is 315 g/mol. The lowest BCUT2D eigenvalue weighted by Crippen LogP contribution is -2.08. The largest absolute Gasteiger partial charge is 0.450 e. The predicted octanol–water partition coefficient (Wildman–Crippen LogP) is 3.89.